The average Bonchev–Trinajstić information content (AvgIpc) is 2.63. The molecule has 0 aliphatic carbocycles. The lowest BCUT2D eigenvalue weighted by molar-refractivity contribution is -0.115. The van der Waals surface area contributed by atoms with E-state index in [1.807, 2.05) is 6.92 Å². The number of nitrogens with one attached hydrogen (secondary N) is 1. The number of para-hydroxylation sites is 1. The second-order valence-corrected chi connectivity index (χ2v) is 5.86. The van der Waals surface area contributed by atoms with Crippen molar-refractivity contribution >= 4 is 29.2 Å². The Morgan fingerprint density at radius 2 is 1.89 bits per heavy atom. The van der Waals surface area contributed by atoms with Crippen LogP contribution in [-0.2, 0) is 11.2 Å². The number of carbonyl (C=O) groups is 2. The lowest BCUT2D eigenvalue weighted by Crippen LogP contribution is -2.16. The van der Waals surface area contributed by atoms with Crippen LogP contribution in [0.5, 0.6) is 17.2 Å². The van der Waals surface area contributed by atoms with Crippen molar-refractivity contribution in [2.75, 3.05) is 26.1 Å². The third kappa shape index (κ3) is 4.83. The number of carboxylic acid groups (broad SMARTS) is 1. The number of methoxy groups -OCH3 is 2. The van der Waals surface area contributed by atoms with Crippen molar-refractivity contribution in [3.05, 3.63) is 46.5 Å². The summed E-state index contributed by atoms with van der Waals surface area (Å²) in [7, 11) is 2.79. The molecule has 0 unspecified atom stereocenters. The van der Waals surface area contributed by atoms with Gasteiger partial charge in [0.05, 0.1) is 43.5 Å². The second kappa shape index (κ2) is 9.14. The first-order chi connectivity index (χ1) is 12.9. The maximum Gasteiger partial charge on any atom is 0.335 e. The van der Waals surface area contributed by atoms with Crippen LogP contribution in [0.3, 0.4) is 0 Å². The molecule has 7 nitrogen and oxygen atoms in total. The first-order valence-electron chi connectivity index (χ1n) is 8.10. The normalized spacial score (nSPS) is 10.2. The molecule has 0 saturated heterocycles. The summed E-state index contributed by atoms with van der Waals surface area (Å²) in [4.78, 5) is 23.9. The van der Waals surface area contributed by atoms with Crippen molar-refractivity contribution in [2.24, 2.45) is 0 Å². The number of carbonyl (C=O) groups excluding carboxylic acids is 1. The fraction of sp³-hybridized carbons (Fsp3) is 0.263. The number of amides is 1. The molecular formula is C19H20ClNO6. The third-order valence-corrected chi connectivity index (χ3v) is 3.99. The van der Waals surface area contributed by atoms with Gasteiger partial charge in [0, 0.05) is 5.56 Å². The zero-order chi connectivity index (χ0) is 20.0. The first-order valence-corrected chi connectivity index (χ1v) is 8.48. The number of halogens is 1. The van der Waals surface area contributed by atoms with E-state index < -0.39 is 5.97 Å². The molecule has 0 saturated carbocycles. The summed E-state index contributed by atoms with van der Waals surface area (Å²) < 4.78 is 15.9. The highest BCUT2D eigenvalue weighted by atomic mass is 35.5. The molecule has 1 amide bonds. The van der Waals surface area contributed by atoms with E-state index in [1.54, 1.807) is 18.2 Å². The van der Waals surface area contributed by atoms with Crippen LogP contribution in [0.15, 0.2) is 30.3 Å². The second-order valence-electron chi connectivity index (χ2n) is 5.45. The third-order valence-electron chi connectivity index (χ3n) is 3.69. The van der Waals surface area contributed by atoms with Crippen molar-refractivity contribution in [3.8, 4) is 17.2 Å². The molecule has 0 bridgehead atoms. The zero-order valence-electron chi connectivity index (χ0n) is 15.2. The van der Waals surface area contributed by atoms with Crippen molar-refractivity contribution in [3.63, 3.8) is 0 Å². The number of ether oxygens (including phenoxy) is 3. The van der Waals surface area contributed by atoms with Gasteiger partial charge in [-0.25, -0.2) is 4.79 Å². The monoisotopic (exact) mass is 393 g/mol. The molecule has 8 heteroatoms. The predicted molar refractivity (Wildman–Crippen MR) is 101 cm³/mol. The molecule has 0 spiro atoms. The highest BCUT2D eigenvalue weighted by molar-refractivity contribution is 6.32. The van der Waals surface area contributed by atoms with Gasteiger partial charge in [-0.3, -0.25) is 4.79 Å². The Morgan fingerprint density at radius 3 is 2.48 bits per heavy atom. The van der Waals surface area contributed by atoms with Crippen molar-refractivity contribution in [1.29, 1.82) is 0 Å². The topological polar surface area (TPSA) is 94.1 Å². The molecule has 2 aromatic carbocycles. The quantitative estimate of drug-likeness (QED) is 0.711. The average molecular weight is 394 g/mol. The van der Waals surface area contributed by atoms with Crippen molar-refractivity contribution in [1.82, 2.24) is 0 Å². The summed E-state index contributed by atoms with van der Waals surface area (Å²) >= 11 is 6.14. The molecule has 2 N–H and O–H groups in total. The molecule has 144 valence electrons. The minimum Gasteiger partial charge on any atom is -0.493 e. The van der Waals surface area contributed by atoms with Gasteiger partial charge < -0.3 is 24.6 Å². The Balaban J connectivity index is 2.32. The smallest absolute Gasteiger partial charge is 0.335 e. The number of anilines is 1. The number of aromatic carboxylic acids is 1. The van der Waals surface area contributed by atoms with Gasteiger partial charge in [0.1, 0.15) is 5.75 Å². The van der Waals surface area contributed by atoms with E-state index in [1.165, 1.54) is 26.4 Å². The van der Waals surface area contributed by atoms with E-state index in [-0.39, 0.29) is 35.1 Å². The zero-order valence-corrected chi connectivity index (χ0v) is 15.9. The predicted octanol–water partition coefficient (Wildman–Crippen LogP) is 3.64. The van der Waals surface area contributed by atoms with E-state index in [0.717, 1.165) is 0 Å². The summed E-state index contributed by atoms with van der Waals surface area (Å²) in [5, 5.41) is 12.3. The minimum absolute atomic E-state index is 0.0152. The van der Waals surface area contributed by atoms with Crippen LogP contribution < -0.4 is 19.5 Å². The molecule has 0 radical (unpaired) electrons. The summed E-state index contributed by atoms with van der Waals surface area (Å²) in [6.45, 7) is 2.23. The van der Waals surface area contributed by atoms with Gasteiger partial charge in [-0.05, 0) is 25.1 Å². The van der Waals surface area contributed by atoms with Crippen LogP contribution in [0.4, 0.5) is 5.69 Å². The maximum absolute atomic E-state index is 12.5. The van der Waals surface area contributed by atoms with Gasteiger partial charge in [0.15, 0.2) is 11.5 Å². The molecule has 0 fully saturated rings. The molecule has 0 atom stereocenters. The van der Waals surface area contributed by atoms with Gasteiger partial charge in [0.25, 0.3) is 0 Å². The van der Waals surface area contributed by atoms with Crippen LogP contribution in [0.2, 0.25) is 5.02 Å². The Labute approximate surface area is 161 Å². The first kappa shape index (κ1) is 20.4. The largest absolute Gasteiger partial charge is 0.493 e. The van der Waals surface area contributed by atoms with Crippen LogP contribution in [0.25, 0.3) is 0 Å². The maximum atomic E-state index is 12.5. The minimum atomic E-state index is -1.15. The standard InChI is InChI=1S/C19H20ClNO6/c1-4-27-17-11(6-5-7-13(17)20)10-16(22)21-14-8-12(19(23)24)9-15(25-2)18(14)26-3/h5-9H,4,10H2,1-3H3,(H,21,22)(H,23,24). The Kier molecular flexibility index (Phi) is 6.90. The fourth-order valence-corrected chi connectivity index (χ4v) is 2.80. The van der Waals surface area contributed by atoms with Gasteiger partial charge in [-0.15, -0.1) is 0 Å². The number of hydrogen-bond donors (Lipinski definition) is 2. The summed E-state index contributed by atoms with van der Waals surface area (Å²) in [5.41, 5.74) is 0.766. The lowest BCUT2D eigenvalue weighted by atomic mass is 10.1. The molecule has 27 heavy (non-hydrogen) atoms. The molecule has 2 rings (SSSR count). The SMILES string of the molecule is CCOc1c(Cl)cccc1CC(=O)Nc1cc(C(=O)O)cc(OC)c1OC. The van der Waals surface area contributed by atoms with Crippen LogP contribution in [-0.4, -0.2) is 37.8 Å². The van der Waals surface area contributed by atoms with Crippen molar-refractivity contribution < 1.29 is 28.9 Å². The number of hydrogen-bond acceptors (Lipinski definition) is 5. The van der Waals surface area contributed by atoms with E-state index >= 15 is 0 Å². The molecule has 0 heterocycles. The molecule has 0 aromatic heterocycles. The Bertz CT molecular complexity index is 852. The van der Waals surface area contributed by atoms with E-state index in [4.69, 9.17) is 25.8 Å². The fourth-order valence-electron chi connectivity index (χ4n) is 2.55. The number of carboxylic acids is 1. The van der Waals surface area contributed by atoms with Gasteiger partial charge in [0.2, 0.25) is 5.91 Å². The van der Waals surface area contributed by atoms with E-state index in [0.29, 0.717) is 22.9 Å². The molecule has 2 aromatic rings. The van der Waals surface area contributed by atoms with Crippen LogP contribution >= 0.6 is 11.6 Å². The van der Waals surface area contributed by atoms with Gasteiger partial charge >= 0.3 is 5.97 Å². The number of benzene rings is 2. The summed E-state index contributed by atoms with van der Waals surface area (Å²) in [6.07, 6.45) is -0.0152. The summed E-state index contributed by atoms with van der Waals surface area (Å²) in [6, 6.07) is 7.77. The molecular weight excluding hydrogens is 374 g/mol. The van der Waals surface area contributed by atoms with Crippen LogP contribution in [0, 0.1) is 0 Å². The molecule has 0 aliphatic rings. The van der Waals surface area contributed by atoms with E-state index in [9.17, 15) is 14.7 Å². The van der Waals surface area contributed by atoms with Crippen molar-refractivity contribution in [2.45, 2.75) is 13.3 Å². The number of rotatable bonds is 8. The highest BCUT2D eigenvalue weighted by Crippen LogP contribution is 2.37. The highest BCUT2D eigenvalue weighted by Gasteiger charge is 2.19. The van der Waals surface area contributed by atoms with E-state index in [2.05, 4.69) is 5.32 Å². The molecule has 0 aliphatic heterocycles. The van der Waals surface area contributed by atoms with Gasteiger partial charge in [-0.2, -0.15) is 0 Å². The summed E-state index contributed by atoms with van der Waals surface area (Å²) in [5.74, 6) is -0.667. The van der Waals surface area contributed by atoms with Gasteiger partial charge in [-0.1, -0.05) is 23.7 Å². The lowest BCUT2D eigenvalue weighted by Gasteiger charge is -2.16. The van der Waals surface area contributed by atoms with Crippen LogP contribution in [0.1, 0.15) is 22.8 Å². The Morgan fingerprint density at radius 1 is 1.15 bits per heavy atom. The Hall–Kier alpha value is -2.93.